The first-order chi connectivity index (χ1) is 7.58. The summed E-state index contributed by atoms with van der Waals surface area (Å²) in [4.78, 5) is 0. The zero-order valence-electron chi connectivity index (χ0n) is 9.26. The lowest BCUT2D eigenvalue weighted by atomic mass is 10.1. The van der Waals surface area contributed by atoms with Crippen molar-refractivity contribution in [3.63, 3.8) is 0 Å². The second-order valence-corrected chi connectivity index (χ2v) is 6.53. The quantitative estimate of drug-likeness (QED) is 0.473. The summed E-state index contributed by atoms with van der Waals surface area (Å²) in [6.45, 7) is 0. The van der Waals surface area contributed by atoms with Crippen molar-refractivity contribution in [1.82, 2.24) is 0 Å². The Morgan fingerprint density at radius 3 is 2.06 bits per heavy atom. The zero-order chi connectivity index (χ0) is 11.9. The van der Waals surface area contributed by atoms with E-state index in [0.717, 1.165) is 19.3 Å². The molecule has 1 aromatic rings. The van der Waals surface area contributed by atoms with Crippen LogP contribution >= 0.6 is 34.8 Å². The van der Waals surface area contributed by atoms with Crippen LogP contribution in [0.5, 0.6) is 0 Å². The van der Waals surface area contributed by atoms with Gasteiger partial charge in [0.15, 0.2) is 3.79 Å². The molecule has 0 amide bonds. The van der Waals surface area contributed by atoms with Gasteiger partial charge in [-0.05, 0) is 31.2 Å². The molecule has 3 heteroatoms. The monoisotopic (exact) mass is 278 g/mol. The van der Waals surface area contributed by atoms with Crippen LogP contribution in [-0.2, 0) is 6.42 Å². The maximum atomic E-state index is 5.67. The lowest BCUT2D eigenvalue weighted by molar-refractivity contribution is 0.619. The first-order valence-corrected chi connectivity index (χ1v) is 6.82. The van der Waals surface area contributed by atoms with Gasteiger partial charge in [-0.25, -0.2) is 0 Å². The molecule has 0 radical (unpaired) electrons. The zero-order valence-corrected chi connectivity index (χ0v) is 11.5. The molecule has 16 heavy (non-hydrogen) atoms. The molecule has 0 aromatic heterocycles. The highest BCUT2D eigenvalue weighted by molar-refractivity contribution is 6.67. The summed E-state index contributed by atoms with van der Waals surface area (Å²) in [6, 6.07) is 10.5. The number of hydrogen-bond acceptors (Lipinski definition) is 0. The van der Waals surface area contributed by atoms with Crippen LogP contribution in [0.25, 0.3) is 0 Å². The Kier molecular flexibility index (Phi) is 6.57. The lowest BCUT2D eigenvalue weighted by Gasteiger charge is -2.09. The standard InChI is InChI=1S/C13H17Cl3/c14-13(15,16)11-7-2-1-4-8-12-9-5-3-6-10-12/h3,5-6,9-10H,1-2,4,7-8,11H2. The van der Waals surface area contributed by atoms with E-state index in [1.165, 1.54) is 18.4 Å². The van der Waals surface area contributed by atoms with Crippen molar-refractivity contribution in [2.24, 2.45) is 0 Å². The van der Waals surface area contributed by atoms with E-state index in [1.54, 1.807) is 0 Å². The van der Waals surface area contributed by atoms with Crippen molar-refractivity contribution in [2.45, 2.75) is 42.3 Å². The molecule has 1 aromatic carbocycles. The fourth-order valence-electron chi connectivity index (χ4n) is 1.65. The van der Waals surface area contributed by atoms with Gasteiger partial charge in [0.25, 0.3) is 0 Å². The van der Waals surface area contributed by atoms with Crippen LogP contribution in [0.1, 0.15) is 37.7 Å². The van der Waals surface area contributed by atoms with Gasteiger partial charge in [-0.2, -0.15) is 0 Å². The summed E-state index contributed by atoms with van der Waals surface area (Å²) in [5.74, 6) is 0. The normalized spacial score (nSPS) is 11.7. The average molecular weight is 280 g/mol. The molecule has 1 rings (SSSR count). The first kappa shape index (κ1) is 14.2. The third-order valence-electron chi connectivity index (χ3n) is 2.52. The van der Waals surface area contributed by atoms with Crippen LogP contribution in [-0.4, -0.2) is 3.79 Å². The van der Waals surface area contributed by atoms with Gasteiger partial charge in [-0.15, -0.1) is 0 Å². The van der Waals surface area contributed by atoms with Gasteiger partial charge in [-0.3, -0.25) is 0 Å². The molecule has 0 aliphatic rings. The molecule has 0 atom stereocenters. The topological polar surface area (TPSA) is 0 Å². The first-order valence-electron chi connectivity index (χ1n) is 5.68. The van der Waals surface area contributed by atoms with E-state index in [4.69, 9.17) is 34.8 Å². The number of alkyl halides is 3. The molecular formula is C13H17Cl3. The molecule has 0 N–H and O–H groups in total. The molecule has 0 unspecified atom stereocenters. The number of aryl methyl sites for hydroxylation is 1. The van der Waals surface area contributed by atoms with Crippen molar-refractivity contribution in [3.05, 3.63) is 35.9 Å². The van der Waals surface area contributed by atoms with E-state index >= 15 is 0 Å². The number of hydrogen-bond donors (Lipinski definition) is 0. The summed E-state index contributed by atoms with van der Waals surface area (Å²) in [6.07, 6.45) is 6.35. The largest absolute Gasteiger partial charge is 0.190 e. The molecule has 0 saturated carbocycles. The van der Waals surface area contributed by atoms with E-state index < -0.39 is 3.79 Å². The van der Waals surface area contributed by atoms with E-state index in [0.29, 0.717) is 6.42 Å². The van der Waals surface area contributed by atoms with Crippen LogP contribution in [0.4, 0.5) is 0 Å². The van der Waals surface area contributed by atoms with Crippen molar-refractivity contribution < 1.29 is 0 Å². The summed E-state index contributed by atoms with van der Waals surface area (Å²) in [7, 11) is 0. The number of rotatable bonds is 6. The fraction of sp³-hybridized carbons (Fsp3) is 0.538. The van der Waals surface area contributed by atoms with Gasteiger partial charge < -0.3 is 0 Å². The molecular weight excluding hydrogens is 263 g/mol. The van der Waals surface area contributed by atoms with Crippen LogP contribution in [0.2, 0.25) is 0 Å². The second-order valence-electron chi connectivity index (χ2n) is 4.01. The molecule has 0 saturated heterocycles. The third kappa shape index (κ3) is 7.38. The Morgan fingerprint density at radius 2 is 1.44 bits per heavy atom. The predicted molar refractivity (Wildman–Crippen MR) is 73.5 cm³/mol. The summed E-state index contributed by atoms with van der Waals surface area (Å²) < 4.78 is -1.07. The van der Waals surface area contributed by atoms with Crippen LogP contribution in [0.15, 0.2) is 30.3 Å². The summed E-state index contributed by atoms with van der Waals surface area (Å²) >= 11 is 17.0. The van der Waals surface area contributed by atoms with Crippen molar-refractivity contribution >= 4 is 34.8 Å². The van der Waals surface area contributed by atoms with Gasteiger partial charge in [0.05, 0.1) is 0 Å². The van der Waals surface area contributed by atoms with Gasteiger partial charge in [0.2, 0.25) is 0 Å². The van der Waals surface area contributed by atoms with E-state index in [2.05, 4.69) is 24.3 Å². The maximum Gasteiger partial charge on any atom is 0.190 e. The maximum absolute atomic E-state index is 5.67. The highest BCUT2D eigenvalue weighted by Crippen LogP contribution is 2.32. The SMILES string of the molecule is ClC(Cl)(Cl)CCCCCCc1ccccc1. The van der Waals surface area contributed by atoms with Crippen LogP contribution in [0.3, 0.4) is 0 Å². The molecule has 0 bridgehead atoms. The Bertz CT molecular complexity index is 277. The van der Waals surface area contributed by atoms with E-state index in [9.17, 15) is 0 Å². The predicted octanol–water partition coefficient (Wildman–Crippen LogP) is 5.55. The van der Waals surface area contributed by atoms with Crippen molar-refractivity contribution in [1.29, 1.82) is 0 Å². The smallest absolute Gasteiger partial charge is 0.0837 e. The van der Waals surface area contributed by atoms with E-state index in [-0.39, 0.29) is 0 Å². The average Bonchev–Trinajstić information content (AvgIpc) is 2.23. The minimum atomic E-state index is -1.07. The van der Waals surface area contributed by atoms with E-state index in [1.807, 2.05) is 6.07 Å². The minimum absolute atomic E-state index is 0.656. The molecule has 90 valence electrons. The third-order valence-corrected chi connectivity index (χ3v) is 3.09. The highest BCUT2D eigenvalue weighted by Gasteiger charge is 2.17. The second kappa shape index (κ2) is 7.42. The molecule has 0 spiro atoms. The fourth-order valence-corrected chi connectivity index (χ4v) is 2.05. The summed E-state index contributed by atoms with van der Waals surface area (Å²) in [5.41, 5.74) is 1.41. The lowest BCUT2D eigenvalue weighted by Crippen LogP contribution is -2.00. The number of benzene rings is 1. The Hall–Kier alpha value is 0.0900. The molecule has 0 aliphatic carbocycles. The molecule has 0 nitrogen and oxygen atoms in total. The number of unbranched alkanes of at least 4 members (excludes halogenated alkanes) is 3. The molecule has 0 heterocycles. The van der Waals surface area contributed by atoms with Crippen LogP contribution in [0, 0.1) is 0 Å². The number of halogens is 3. The Labute approximate surface area is 113 Å². The van der Waals surface area contributed by atoms with Gasteiger partial charge in [0, 0.05) is 0 Å². The Balaban J connectivity index is 2.01. The molecule has 0 aliphatic heterocycles. The van der Waals surface area contributed by atoms with Crippen molar-refractivity contribution in [2.75, 3.05) is 0 Å². The molecule has 0 fully saturated rings. The summed E-state index contributed by atoms with van der Waals surface area (Å²) in [5, 5.41) is 0. The minimum Gasteiger partial charge on any atom is -0.0837 e. The van der Waals surface area contributed by atoms with Gasteiger partial charge in [-0.1, -0.05) is 78.0 Å². The highest BCUT2D eigenvalue weighted by atomic mass is 35.6. The van der Waals surface area contributed by atoms with Crippen LogP contribution < -0.4 is 0 Å². The van der Waals surface area contributed by atoms with Gasteiger partial charge in [0.1, 0.15) is 0 Å². The van der Waals surface area contributed by atoms with Crippen molar-refractivity contribution in [3.8, 4) is 0 Å². The Morgan fingerprint density at radius 1 is 0.812 bits per heavy atom. The van der Waals surface area contributed by atoms with Gasteiger partial charge >= 0.3 is 0 Å².